The first-order valence-corrected chi connectivity index (χ1v) is 13.7. The third kappa shape index (κ3) is 3.26. The van der Waals surface area contributed by atoms with Crippen molar-refractivity contribution in [2.24, 2.45) is 5.41 Å². The van der Waals surface area contributed by atoms with Crippen LogP contribution in [0.3, 0.4) is 0 Å². The summed E-state index contributed by atoms with van der Waals surface area (Å²) in [4.78, 5) is 16.3. The van der Waals surface area contributed by atoms with Crippen LogP contribution < -0.4 is 9.47 Å². The summed E-state index contributed by atoms with van der Waals surface area (Å²) in [5, 5.41) is 10.5. The van der Waals surface area contributed by atoms with Gasteiger partial charge in [-0.25, -0.2) is 4.98 Å². The lowest BCUT2D eigenvalue weighted by molar-refractivity contribution is -0.124. The summed E-state index contributed by atoms with van der Waals surface area (Å²) in [5.41, 5.74) is 7.68. The summed E-state index contributed by atoms with van der Waals surface area (Å²) < 4.78 is 23.5. The number of nitrogens with zero attached hydrogens (tertiary/aromatic N) is 4. The van der Waals surface area contributed by atoms with Crippen LogP contribution in [0.1, 0.15) is 24.0 Å². The molecule has 1 atom stereocenters. The number of thiazole rings is 1. The van der Waals surface area contributed by atoms with Crippen molar-refractivity contribution in [1.82, 2.24) is 19.9 Å². The maximum atomic E-state index is 9.39. The first-order valence-electron chi connectivity index (χ1n) is 12.8. The Bertz CT molecular complexity index is 1610. The van der Waals surface area contributed by atoms with E-state index < -0.39 is 5.60 Å². The van der Waals surface area contributed by atoms with Crippen LogP contribution in [0, 0.1) is 16.7 Å². The summed E-state index contributed by atoms with van der Waals surface area (Å²) >= 11 is 1.60. The zero-order chi connectivity index (χ0) is 25.3. The Balaban J connectivity index is 1.28. The van der Waals surface area contributed by atoms with Crippen LogP contribution >= 0.6 is 11.3 Å². The van der Waals surface area contributed by atoms with Crippen molar-refractivity contribution in [3.8, 4) is 39.3 Å². The molecule has 0 aliphatic carbocycles. The van der Waals surface area contributed by atoms with Crippen LogP contribution in [0.4, 0.5) is 0 Å². The molecule has 7 heterocycles. The van der Waals surface area contributed by atoms with Gasteiger partial charge in [-0.05, 0) is 24.1 Å². The molecule has 10 heteroatoms. The van der Waals surface area contributed by atoms with Gasteiger partial charge in [-0.15, -0.1) is 11.3 Å². The highest BCUT2D eigenvalue weighted by atomic mass is 32.1. The Morgan fingerprint density at radius 1 is 1.18 bits per heavy atom. The fourth-order valence-corrected chi connectivity index (χ4v) is 7.20. The monoisotopic (exact) mass is 527 g/mol. The van der Waals surface area contributed by atoms with Crippen LogP contribution in [0.15, 0.2) is 36.1 Å². The molecular weight excluding hydrogens is 502 g/mol. The van der Waals surface area contributed by atoms with Gasteiger partial charge in [0.15, 0.2) is 11.5 Å². The van der Waals surface area contributed by atoms with Gasteiger partial charge in [-0.1, -0.05) is 6.07 Å². The molecule has 1 N–H and O–H groups in total. The number of likely N-dealkylation sites (tertiary alicyclic amines) is 1. The molecule has 9 nitrogen and oxygen atoms in total. The van der Waals surface area contributed by atoms with E-state index in [0.29, 0.717) is 26.2 Å². The van der Waals surface area contributed by atoms with Gasteiger partial charge < -0.3 is 23.9 Å². The fourth-order valence-electron chi connectivity index (χ4n) is 6.57. The molecule has 0 saturated carbocycles. The molecule has 2 fully saturated rings. The predicted molar refractivity (Wildman–Crippen MR) is 140 cm³/mol. The lowest BCUT2D eigenvalue weighted by Crippen LogP contribution is -2.50. The largest absolute Gasteiger partial charge is 0.454 e. The number of nitriles is 1. The Labute approximate surface area is 222 Å². The predicted octanol–water partition coefficient (Wildman–Crippen LogP) is 4.44. The summed E-state index contributed by atoms with van der Waals surface area (Å²) in [6, 6.07) is 8.49. The number of hydrogen-bond donors (Lipinski definition) is 1. The molecule has 4 aliphatic heterocycles. The van der Waals surface area contributed by atoms with E-state index in [1.807, 2.05) is 24.0 Å². The summed E-state index contributed by atoms with van der Waals surface area (Å²) in [7, 11) is 0. The molecule has 192 valence electrons. The maximum Gasteiger partial charge on any atom is 0.231 e. The Hall–Kier alpha value is -3.49. The van der Waals surface area contributed by atoms with Crippen molar-refractivity contribution < 1.29 is 18.9 Å². The van der Waals surface area contributed by atoms with Gasteiger partial charge >= 0.3 is 0 Å². The molecule has 2 saturated heterocycles. The zero-order valence-corrected chi connectivity index (χ0v) is 21.5. The van der Waals surface area contributed by atoms with Gasteiger partial charge in [0.2, 0.25) is 6.79 Å². The molecule has 4 aromatic rings. The minimum Gasteiger partial charge on any atom is -0.454 e. The van der Waals surface area contributed by atoms with Crippen molar-refractivity contribution in [2.75, 3.05) is 39.6 Å². The number of ether oxygens (including phenoxy) is 4. The maximum absolute atomic E-state index is 9.39. The fraction of sp³-hybridized carbons (Fsp3) is 0.393. The van der Waals surface area contributed by atoms with Crippen LogP contribution in [0.2, 0.25) is 0 Å². The average Bonchev–Trinajstić information content (AvgIpc) is 3.73. The number of aromatic amines is 1. The second kappa shape index (κ2) is 8.25. The molecule has 4 aliphatic rings. The van der Waals surface area contributed by atoms with Gasteiger partial charge in [0.1, 0.15) is 11.2 Å². The highest BCUT2D eigenvalue weighted by molar-refractivity contribution is 7.13. The van der Waals surface area contributed by atoms with Crippen LogP contribution in [-0.2, 0) is 21.7 Å². The normalized spacial score (nSPS) is 23.1. The highest BCUT2D eigenvalue weighted by Gasteiger charge is 2.50. The van der Waals surface area contributed by atoms with E-state index in [-0.39, 0.29) is 12.2 Å². The minimum absolute atomic E-state index is 0.0691. The van der Waals surface area contributed by atoms with Crippen LogP contribution in [0.25, 0.3) is 32.7 Å². The summed E-state index contributed by atoms with van der Waals surface area (Å²) in [6.07, 6.45) is 5.27. The number of pyridine rings is 1. The van der Waals surface area contributed by atoms with E-state index in [9.17, 15) is 5.26 Å². The lowest BCUT2D eigenvalue weighted by Gasteiger charge is -2.42. The molecule has 8 rings (SSSR count). The lowest BCUT2D eigenvalue weighted by atomic mass is 9.82. The average molecular weight is 528 g/mol. The SMILES string of the molecule is N#CCC1(CN2CCC3(C2)OCc2cnc4[nH]c(-c5cncs5)c(-c5ccc6c(c5)OCO6)c4c23)COC1. The molecule has 1 spiro atoms. The number of fused-ring (bicyclic) bond motifs is 5. The van der Waals surface area contributed by atoms with Gasteiger partial charge in [0.05, 0.1) is 42.0 Å². The number of H-pyrrole nitrogens is 1. The number of hydrogen-bond acceptors (Lipinski definition) is 9. The zero-order valence-electron chi connectivity index (χ0n) is 20.7. The van der Waals surface area contributed by atoms with E-state index in [4.69, 9.17) is 23.9 Å². The molecule has 38 heavy (non-hydrogen) atoms. The molecule has 3 aromatic heterocycles. The molecule has 0 radical (unpaired) electrons. The number of nitrogens with one attached hydrogen (secondary N) is 1. The highest BCUT2D eigenvalue weighted by Crippen LogP contribution is 2.52. The summed E-state index contributed by atoms with van der Waals surface area (Å²) in [6.45, 7) is 4.63. The molecular formula is C28H25N5O4S. The van der Waals surface area contributed by atoms with E-state index in [1.165, 1.54) is 5.56 Å². The molecule has 1 aromatic carbocycles. The first-order chi connectivity index (χ1) is 18.7. The first kappa shape index (κ1) is 22.5. The van der Waals surface area contributed by atoms with E-state index in [1.54, 1.807) is 11.3 Å². The Morgan fingerprint density at radius 3 is 2.92 bits per heavy atom. The Morgan fingerprint density at radius 2 is 2.11 bits per heavy atom. The summed E-state index contributed by atoms with van der Waals surface area (Å²) in [5.74, 6) is 1.50. The minimum atomic E-state index is -0.423. The third-order valence-electron chi connectivity index (χ3n) is 8.34. The van der Waals surface area contributed by atoms with Crippen molar-refractivity contribution in [3.63, 3.8) is 0 Å². The standard InChI is InChI=1S/C28H25N5O4S/c29-5-3-27(13-34-14-27)11-33-6-4-28(12-33)24-18(10-37-28)8-31-26-23(24)22(25(32-26)21-9-30-15-38-21)17-1-2-19-20(7-17)36-16-35-19/h1-2,7-9,15H,3-4,6,10-14,16H2,(H,31,32). The quantitative estimate of drug-likeness (QED) is 0.406. The van der Waals surface area contributed by atoms with Crippen molar-refractivity contribution in [2.45, 2.75) is 25.0 Å². The van der Waals surface area contributed by atoms with Crippen LogP contribution in [-0.4, -0.2) is 59.5 Å². The van der Waals surface area contributed by atoms with E-state index in [0.717, 1.165) is 75.8 Å². The second-order valence-corrected chi connectivity index (χ2v) is 11.6. The van der Waals surface area contributed by atoms with Crippen molar-refractivity contribution in [3.05, 3.63) is 47.2 Å². The topological polar surface area (TPSA) is 106 Å². The number of benzene rings is 1. The van der Waals surface area contributed by atoms with Crippen LogP contribution in [0.5, 0.6) is 11.5 Å². The molecule has 1 unspecified atom stereocenters. The van der Waals surface area contributed by atoms with Crippen molar-refractivity contribution >= 4 is 22.4 Å². The second-order valence-electron chi connectivity index (χ2n) is 10.8. The van der Waals surface area contributed by atoms with E-state index in [2.05, 4.69) is 33.1 Å². The van der Waals surface area contributed by atoms with E-state index >= 15 is 0 Å². The third-order valence-corrected chi connectivity index (χ3v) is 9.13. The number of aromatic nitrogens is 3. The molecule has 0 bridgehead atoms. The van der Waals surface area contributed by atoms with Gasteiger partial charge in [0.25, 0.3) is 0 Å². The smallest absolute Gasteiger partial charge is 0.231 e. The number of rotatable bonds is 5. The van der Waals surface area contributed by atoms with Gasteiger partial charge in [-0.3, -0.25) is 9.88 Å². The Kier molecular flexibility index (Phi) is 4.88. The van der Waals surface area contributed by atoms with Gasteiger partial charge in [0, 0.05) is 65.9 Å². The van der Waals surface area contributed by atoms with Crippen molar-refractivity contribution in [1.29, 1.82) is 5.26 Å². The molecule has 0 amide bonds. The van der Waals surface area contributed by atoms with Gasteiger partial charge in [-0.2, -0.15) is 5.26 Å².